The van der Waals surface area contributed by atoms with Crippen LogP contribution in [0, 0.1) is 6.92 Å². The summed E-state index contributed by atoms with van der Waals surface area (Å²) in [6.45, 7) is 1.62. The average Bonchev–Trinajstić information content (AvgIpc) is 2.72. The number of nitrogens with zero attached hydrogens (tertiary/aromatic N) is 1. The van der Waals surface area contributed by atoms with Gasteiger partial charge < -0.3 is 5.32 Å². The molecule has 0 aliphatic rings. The fourth-order valence-electron chi connectivity index (χ4n) is 2.99. The van der Waals surface area contributed by atoms with Crippen molar-refractivity contribution in [3.8, 4) is 0 Å². The molecule has 0 aromatic heterocycles. The number of hydrogen-bond acceptors (Lipinski definition) is 4. The highest BCUT2D eigenvalue weighted by molar-refractivity contribution is 9.10. The highest BCUT2D eigenvalue weighted by atomic mass is 79.9. The third kappa shape index (κ3) is 6.85. The molecule has 0 unspecified atom stereocenters. The number of carbonyl (C=O) groups is 1. The van der Waals surface area contributed by atoms with E-state index >= 15 is 0 Å². The van der Waals surface area contributed by atoms with Crippen molar-refractivity contribution in [2.75, 3.05) is 22.4 Å². The predicted octanol–water partition coefficient (Wildman–Crippen LogP) is 5.45. The minimum absolute atomic E-state index is 0.305. The van der Waals surface area contributed by atoms with Crippen LogP contribution in [0.1, 0.15) is 11.1 Å². The molecule has 3 aromatic carbocycles. The Morgan fingerprint density at radius 1 is 1.03 bits per heavy atom. The number of anilines is 2. The maximum atomic E-state index is 12.6. The number of aryl methyl sites for hydroxylation is 1. The third-order valence-corrected chi connectivity index (χ3v) is 7.21. The van der Waals surface area contributed by atoms with Crippen molar-refractivity contribution in [3.05, 3.63) is 88.4 Å². The highest BCUT2D eigenvalue weighted by Gasteiger charge is 2.21. The van der Waals surface area contributed by atoms with Crippen LogP contribution in [0.25, 0.3) is 0 Å². The Balaban J connectivity index is 1.67. The number of sulfonamides is 1. The molecule has 1 amide bonds. The predicted molar refractivity (Wildman–Crippen MR) is 132 cm³/mol. The Morgan fingerprint density at radius 3 is 2.42 bits per heavy atom. The van der Waals surface area contributed by atoms with Crippen molar-refractivity contribution < 1.29 is 13.2 Å². The molecule has 0 bridgehead atoms. The van der Waals surface area contributed by atoms with Gasteiger partial charge >= 0.3 is 0 Å². The van der Waals surface area contributed by atoms with Gasteiger partial charge in [-0.25, -0.2) is 8.42 Å². The Morgan fingerprint density at radius 2 is 1.77 bits per heavy atom. The van der Waals surface area contributed by atoms with Crippen molar-refractivity contribution in [2.24, 2.45) is 0 Å². The molecule has 5 nitrogen and oxygen atoms in total. The second-order valence-corrected chi connectivity index (χ2v) is 10.9. The molecular weight excluding hydrogens is 496 g/mol. The van der Waals surface area contributed by atoms with E-state index in [4.69, 9.17) is 0 Å². The molecule has 0 spiro atoms. The summed E-state index contributed by atoms with van der Waals surface area (Å²) in [4.78, 5) is 13.8. The van der Waals surface area contributed by atoms with Crippen LogP contribution < -0.4 is 9.62 Å². The first-order valence-electron chi connectivity index (χ1n) is 9.53. The van der Waals surface area contributed by atoms with Gasteiger partial charge in [0, 0.05) is 20.8 Å². The maximum absolute atomic E-state index is 12.6. The van der Waals surface area contributed by atoms with Crippen LogP contribution in [0.2, 0.25) is 0 Å². The second-order valence-electron chi connectivity index (χ2n) is 7.05. The quantitative estimate of drug-likeness (QED) is 0.402. The van der Waals surface area contributed by atoms with Gasteiger partial charge in [-0.2, -0.15) is 0 Å². The van der Waals surface area contributed by atoms with E-state index in [-0.39, 0.29) is 6.54 Å². The highest BCUT2D eigenvalue weighted by Crippen LogP contribution is 2.26. The minimum atomic E-state index is -3.62. The fourth-order valence-corrected chi connectivity index (χ4v) is 5.09. The first-order valence-corrected chi connectivity index (χ1v) is 13.2. The van der Waals surface area contributed by atoms with Crippen molar-refractivity contribution in [1.82, 2.24) is 0 Å². The van der Waals surface area contributed by atoms with Crippen LogP contribution in [-0.4, -0.2) is 27.1 Å². The summed E-state index contributed by atoms with van der Waals surface area (Å²) >= 11 is 5.08. The zero-order chi connectivity index (χ0) is 22.4. The molecule has 0 fully saturated rings. The summed E-state index contributed by atoms with van der Waals surface area (Å²) in [6.07, 6.45) is 1.09. The standard InChI is InChI=1S/C23H23BrN2O3S2/c1-17-13-18(16-30-21-9-4-3-5-10-21)11-12-22(17)25-23(27)15-26(31(2,28)29)20-8-6-7-19(24)14-20/h3-14H,15-16H2,1-2H3,(H,25,27). The lowest BCUT2D eigenvalue weighted by atomic mass is 10.1. The first kappa shape index (κ1) is 23.4. The summed E-state index contributed by atoms with van der Waals surface area (Å²) in [5.74, 6) is 0.420. The minimum Gasteiger partial charge on any atom is -0.324 e. The van der Waals surface area contributed by atoms with Crippen molar-refractivity contribution in [1.29, 1.82) is 0 Å². The van der Waals surface area contributed by atoms with Gasteiger partial charge in [0.15, 0.2) is 0 Å². The molecule has 0 atom stereocenters. The van der Waals surface area contributed by atoms with E-state index < -0.39 is 15.9 Å². The number of hydrogen-bond donors (Lipinski definition) is 1. The molecule has 0 saturated heterocycles. The van der Waals surface area contributed by atoms with E-state index in [0.29, 0.717) is 11.4 Å². The number of benzene rings is 3. The van der Waals surface area contributed by atoms with Gasteiger partial charge in [-0.1, -0.05) is 52.3 Å². The SMILES string of the molecule is Cc1cc(CSc2ccccc2)ccc1NC(=O)CN(c1cccc(Br)c1)S(C)(=O)=O. The van der Waals surface area contributed by atoms with Crippen LogP contribution in [0.5, 0.6) is 0 Å². The Labute approximate surface area is 196 Å². The maximum Gasteiger partial charge on any atom is 0.245 e. The van der Waals surface area contributed by atoms with E-state index in [1.54, 1.807) is 36.0 Å². The van der Waals surface area contributed by atoms with E-state index in [1.807, 2.05) is 43.3 Å². The average molecular weight is 519 g/mol. The normalized spacial score (nSPS) is 11.2. The monoisotopic (exact) mass is 518 g/mol. The Hall–Kier alpha value is -2.29. The lowest BCUT2D eigenvalue weighted by Crippen LogP contribution is -2.37. The summed E-state index contributed by atoms with van der Waals surface area (Å²) in [7, 11) is -3.62. The lowest BCUT2D eigenvalue weighted by Gasteiger charge is -2.22. The molecule has 162 valence electrons. The molecule has 3 rings (SSSR count). The van der Waals surface area contributed by atoms with Crippen LogP contribution in [0.4, 0.5) is 11.4 Å². The lowest BCUT2D eigenvalue weighted by molar-refractivity contribution is -0.114. The third-order valence-electron chi connectivity index (χ3n) is 4.50. The summed E-state index contributed by atoms with van der Waals surface area (Å²) in [5, 5.41) is 2.83. The largest absolute Gasteiger partial charge is 0.324 e. The molecular formula is C23H23BrN2O3S2. The molecule has 3 aromatic rings. The molecule has 31 heavy (non-hydrogen) atoms. The summed E-state index contributed by atoms with van der Waals surface area (Å²) in [5.41, 5.74) is 3.17. The van der Waals surface area contributed by atoms with Gasteiger partial charge in [-0.05, 0) is 54.4 Å². The summed E-state index contributed by atoms with van der Waals surface area (Å²) < 4.78 is 26.3. The van der Waals surface area contributed by atoms with Gasteiger partial charge in [0.2, 0.25) is 15.9 Å². The van der Waals surface area contributed by atoms with Gasteiger partial charge in [-0.3, -0.25) is 9.10 Å². The zero-order valence-corrected chi connectivity index (χ0v) is 20.4. The smallest absolute Gasteiger partial charge is 0.245 e. The number of amides is 1. The summed E-state index contributed by atoms with van der Waals surface area (Å²) in [6, 6.07) is 22.9. The zero-order valence-electron chi connectivity index (χ0n) is 17.2. The first-order chi connectivity index (χ1) is 14.7. The van der Waals surface area contributed by atoms with Gasteiger partial charge in [0.1, 0.15) is 6.54 Å². The Bertz CT molecular complexity index is 1170. The van der Waals surface area contributed by atoms with Gasteiger partial charge in [0.25, 0.3) is 0 Å². The van der Waals surface area contributed by atoms with E-state index in [2.05, 4.69) is 33.4 Å². The number of nitrogens with one attached hydrogen (secondary N) is 1. The number of rotatable bonds is 8. The Kier molecular flexibility index (Phi) is 7.80. The van der Waals surface area contributed by atoms with Crippen molar-refractivity contribution >= 4 is 55.0 Å². The van der Waals surface area contributed by atoms with Crippen LogP contribution in [0.3, 0.4) is 0 Å². The number of halogens is 1. The van der Waals surface area contributed by atoms with Crippen molar-refractivity contribution in [3.63, 3.8) is 0 Å². The fraction of sp³-hybridized carbons (Fsp3) is 0.174. The van der Waals surface area contributed by atoms with E-state index in [9.17, 15) is 13.2 Å². The molecule has 1 N–H and O–H groups in total. The topological polar surface area (TPSA) is 66.5 Å². The van der Waals surface area contributed by atoms with Crippen LogP contribution in [-0.2, 0) is 20.6 Å². The van der Waals surface area contributed by atoms with Crippen LogP contribution >= 0.6 is 27.7 Å². The number of thioether (sulfide) groups is 1. The second kappa shape index (κ2) is 10.3. The molecule has 0 aliphatic heterocycles. The van der Waals surface area contributed by atoms with E-state index in [0.717, 1.165) is 31.9 Å². The van der Waals surface area contributed by atoms with Gasteiger partial charge in [0.05, 0.1) is 11.9 Å². The molecule has 0 heterocycles. The molecule has 8 heteroatoms. The van der Waals surface area contributed by atoms with E-state index in [1.165, 1.54) is 4.90 Å². The van der Waals surface area contributed by atoms with Crippen molar-refractivity contribution in [2.45, 2.75) is 17.6 Å². The molecule has 0 saturated carbocycles. The van der Waals surface area contributed by atoms with Crippen LogP contribution in [0.15, 0.2) is 82.2 Å². The molecule has 0 radical (unpaired) electrons. The molecule has 0 aliphatic carbocycles. The number of carbonyl (C=O) groups excluding carboxylic acids is 1. The van der Waals surface area contributed by atoms with Gasteiger partial charge in [-0.15, -0.1) is 11.8 Å².